The van der Waals surface area contributed by atoms with Gasteiger partial charge < -0.3 is 15.2 Å². The average molecular weight is 426 g/mol. The third kappa shape index (κ3) is 4.01. The molecule has 2 N–H and O–H groups in total. The van der Waals surface area contributed by atoms with Crippen LogP contribution in [0.4, 0.5) is 0 Å². The Morgan fingerprint density at radius 1 is 1.25 bits per heavy atom. The lowest BCUT2D eigenvalue weighted by molar-refractivity contribution is -0.150. The quantitative estimate of drug-likeness (QED) is 0.684. The number of carbonyl (C=O) groups is 1. The van der Waals surface area contributed by atoms with E-state index in [9.17, 15) is 9.90 Å². The van der Waals surface area contributed by atoms with Crippen LogP contribution in [0.15, 0.2) is 18.2 Å². The highest BCUT2D eigenvalue weighted by Gasteiger charge is 2.55. The molecule has 2 unspecified atom stereocenters. The molecule has 0 aliphatic heterocycles. The van der Waals surface area contributed by atoms with Crippen molar-refractivity contribution in [1.29, 1.82) is 0 Å². The maximum atomic E-state index is 13.0. The van der Waals surface area contributed by atoms with E-state index in [2.05, 4.69) is 5.32 Å². The second-order valence-electron chi connectivity index (χ2n) is 9.75. The number of aliphatic hydroxyl groups is 1. The molecule has 4 fully saturated rings. The summed E-state index contributed by atoms with van der Waals surface area (Å²) in [5, 5.41) is 15.1. The number of halogens is 2. The number of benzene rings is 1. The predicted molar refractivity (Wildman–Crippen MR) is 111 cm³/mol. The molecule has 0 aromatic heterocycles. The largest absolute Gasteiger partial charge is 0.492 e. The highest BCUT2D eigenvalue weighted by atomic mass is 35.5. The van der Waals surface area contributed by atoms with Gasteiger partial charge >= 0.3 is 0 Å². The molecule has 0 saturated heterocycles. The minimum Gasteiger partial charge on any atom is -0.492 e. The average Bonchev–Trinajstić information content (AvgIpc) is 2.58. The molecule has 0 radical (unpaired) electrons. The number of carbonyl (C=O) groups excluding carboxylic acids is 1. The molecular weight excluding hydrogens is 397 g/mol. The number of amides is 1. The van der Waals surface area contributed by atoms with E-state index in [4.69, 9.17) is 27.9 Å². The van der Waals surface area contributed by atoms with E-state index < -0.39 is 11.0 Å². The molecule has 4 nitrogen and oxygen atoms in total. The summed E-state index contributed by atoms with van der Waals surface area (Å²) < 4.78 is 5.77. The van der Waals surface area contributed by atoms with Crippen molar-refractivity contribution < 1.29 is 14.6 Å². The zero-order valence-electron chi connectivity index (χ0n) is 16.5. The zero-order valence-corrected chi connectivity index (χ0v) is 18.0. The highest BCUT2D eigenvalue weighted by molar-refractivity contribution is 6.35. The van der Waals surface area contributed by atoms with Crippen molar-refractivity contribution >= 4 is 29.1 Å². The van der Waals surface area contributed by atoms with Crippen molar-refractivity contribution in [2.45, 2.75) is 64.0 Å². The molecule has 4 aliphatic carbocycles. The number of nitrogens with one attached hydrogen (secondary N) is 1. The van der Waals surface area contributed by atoms with Crippen LogP contribution in [-0.2, 0) is 4.79 Å². The Kier molecular flexibility index (Phi) is 5.35. The van der Waals surface area contributed by atoms with Crippen molar-refractivity contribution in [2.75, 3.05) is 6.61 Å². The first-order valence-electron chi connectivity index (χ1n) is 10.3. The Labute approximate surface area is 176 Å². The van der Waals surface area contributed by atoms with Crippen LogP contribution in [0.5, 0.6) is 5.75 Å². The van der Waals surface area contributed by atoms with Crippen molar-refractivity contribution in [3.63, 3.8) is 0 Å². The topological polar surface area (TPSA) is 58.6 Å². The Hall–Kier alpha value is -0.970. The SMILES string of the molecule is CC(C)(CCOc1ccc(Cl)cc1Cl)C(=O)NC1C2CC3CC1CC(O)(C3)C2. The molecule has 2 atom stereocenters. The molecule has 4 saturated carbocycles. The van der Waals surface area contributed by atoms with Gasteiger partial charge in [0.05, 0.1) is 17.2 Å². The first-order valence-corrected chi connectivity index (χ1v) is 11.0. The Morgan fingerprint density at radius 2 is 1.93 bits per heavy atom. The maximum absolute atomic E-state index is 13.0. The second-order valence-corrected chi connectivity index (χ2v) is 10.6. The number of hydrogen-bond acceptors (Lipinski definition) is 3. The van der Waals surface area contributed by atoms with Gasteiger partial charge in [-0.25, -0.2) is 0 Å². The summed E-state index contributed by atoms with van der Waals surface area (Å²) >= 11 is 12.1. The fraction of sp³-hybridized carbons (Fsp3) is 0.682. The standard InChI is InChI=1S/C22H29Cl2NO3/c1-21(2,5-6-28-18-4-3-16(23)9-17(18)24)20(26)25-19-14-7-13-8-15(19)12-22(27,10-13)11-14/h3-4,9,13-15,19,27H,5-8,10-12H2,1-2H3,(H,25,26). The molecule has 1 aromatic rings. The first-order chi connectivity index (χ1) is 13.2. The van der Waals surface area contributed by atoms with Gasteiger partial charge in [0.25, 0.3) is 0 Å². The number of rotatable bonds is 6. The summed E-state index contributed by atoms with van der Waals surface area (Å²) in [4.78, 5) is 13.0. The van der Waals surface area contributed by atoms with Crippen LogP contribution in [-0.4, -0.2) is 29.3 Å². The Bertz CT molecular complexity index is 750. The number of ether oxygens (including phenoxy) is 1. The zero-order chi connectivity index (χ0) is 20.1. The Morgan fingerprint density at radius 3 is 2.54 bits per heavy atom. The van der Waals surface area contributed by atoms with Gasteiger partial charge in [-0.05, 0) is 74.5 Å². The molecule has 1 amide bonds. The van der Waals surface area contributed by atoms with Gasteiger partial charge in [0.1, 0.15) is 5.75 Å². The minimum atomic E-state index is -0.537. The van der Waals surface area contributed by atoms with Gasteiger partial charge in [0.15, 0.2) is 0 Å². The Balaban J connectivity index is 1.32. The molecular formula is C22H29Cl2NO3. The van der Waals surface area contributed by atoms with E-state index in [0.29, 0.717) is 46.6 Å². The van der Waals surface area contributed by atoms with Crippen LogP contribution in [0.2, 0.25) is 10.0 Å². The molecule has 1 aromatic carbocycles. The van der Waals surface area contributed by atoms with Gasteiger partial charge in [-0.1, -0.05) is 37.0 Å². The van der Waals surface area contributed by atoms with Crippen LogP contribution in [0.1, 0.15) is 52.4 Å². The summed E-state index contributed by atoms with van der Waals surface area (Å²) in [6, 6.07) is 5.34. The van der Waals surface area contributed by atoms with E-state index in [1.54, 1.807) is 18.2 Å². The molecule has 154 valence electrons. The highest BCUT2D eigenvalue weighted by Crippen LogP contribution is 2.55. The van der Waals surface area contributed by atoms with Crippen LogP contribution in [0.25, 0.3) is 0 Å². The lowest BCUT2D eigenvalue weighted by Crippen LogP contribution is -2.62. The summed E-state index contributed by atoms with van der Waals surface area (Å²) in [5.41, 5.74) is -1.01. The summed E-state index contributed by atoms with van der Waals surface area (Å²) in [7, 11) is 0. The smallest absolute Gasteiger partial charge is 0.226 e. The molecule has 0 spiro atoms. The fourth-order valence-electron chi connectivity index (χ4n) is 5.69. The molecule has 4 bridgehead atoms. The summed E-state index contributed by atoms with van der Waals surface area (Å²) in [5.74, 6) is 2.13. The van der Waals surface area contributed by atoms with Crippen molar-refractivity contribution in [3.8, 4) is 5.75 Å². The lowest BCUT2D eigenvalue weighted by atomic mass is 9.52. The van der Waals surface area contributed by atoms with Gasteiger partial charge in [-0.3, -0.25) is 4.79 Å². The predicted octanol–water partition coefficient (Wildman–Crippen LogP) is 4.84. The van der Waals surface area contributed by atoms with Gasteiger partial charge in [0, 0.05) is 16.5 Å². The van der Waals surface area contributed by atoms with Gasteiger partial charge in [0.2, 0.25) is 5.91 Å². The maximum Gasteiger partial charge on any atom is 0.226 e. The summed E-state index contributed by atoms with van der Waals surface area (Å²) in [6.07, 6.45) is 5.50. The molecule has 5 rings (SSSR count). The van der Waals surface area contributed by atoms with Crippen LogP contribution in [0.3, 0.4) is 0 Å². The molecule has 4 aliphatic rings. The van der Waals surface area contributed by atoms with E-state index in [-0.39, 0.29) is 11.9 Å². The van der Waals surface area contributed by atoms with Crippen molar-refractivity contribution in [1.82, 2.24) is 5.32 Å². The van der Waals surface area contributed by atoms with Gasteiger partial charge in [-0.2, -0.15) is 0 Å². The van der Waals surface area contributed by atoms with Crippen LogP contribution in [0, 0.1) is 23.2 Å². The van der Waals surface area contributed by atoms with Crippen molar-refractivity contribution in [3.05, 3.63) is 28.2 Å². The summed E-state index contributed by atoms with van der Waals surface area (Å²) in [6.45, 7) is 4.32. The molecule has 6 heteroatoms. The van der Waals surface area contributed by atoms with E-state index in [1.165, 1.54) is 0 Å². The fourth-order valence-corrected chi connectivity index (χ4v) is 6.15. The van der Waals surface area contributed by atoms with Gasteiger partial charge in [-0.15, -0.1) is 0 Å². The van der Waals surface area contributed by atoms with E-state index in [1.807, 2.05) is 13.8 Å². The van der Waals surface area contributed by atoms with Crippen molar-refractivity contribution in [2.24, 2.45) is 23.2 Å². The van der Waals surface area contributed by atoms with E-state index >= 15 is 0 Å². The second kappa shape index (κ2) is 7.37. The lowest BCUT2D eigenvalue weighted by Gasteiger charge is -2.58. The van der Waals surface area contributed by atoms with E-state index in [0.717, 1.165) is 32.1 Å². The third-order valence-corrected chi connectivity index (χ3v) is 7.56. The normalized spacial score (nSPS) is 33.8. The van der Waals surface area contributed by atoms with Crippen LogP contribution < -0.4 is 10.1 Å². The van der Waals surface area contributed by atoms with Crippen LogP contribution >= 0.6 is 23.2 Å². The number of hydrogen-bond donors (Lipinski definition) is 2. The molecule has 28 heavy (non-hydrogen) atoms. The molecule has 0 heterocycles. The monoisotopic (exact) mass is 425 g/mol. The first kappa shape index (κ1) is 20.3. The third-order valence-electron chi connectivity index (χ3n) is 7.03. The minimum absolute atomic E-state index is 0.0720.